The number of nitrogens with one attached hydrogen (secondary N) is 1. The molecule has 2 nitrogen and oxygen atoms in total. The molecule has 0 amide bonds. The average Bonchev–Trinajstić information content (AvgIpc) is 2.33. The second-order valence-electron chi connectivity index (χ2n) is 3.76. The number of pyridine rings is 1. The van der Waals surface area contributed by atoms with Gasteiger partial charge in [0.1, 0.15) is 10.7 Å². The summed E-state index contributed by atoms with van der Waals surface area (Å²) in [5, 5.41) is 10.2. The summed E-state index contributed by atoms with van der Waals surface area (Å²) in [7, 11) is 0. The van der Waals surface area contributed by atoms with Crippen molar-refractivity contribution in [3.05, 3.63) is 63.9 Å². The van der Waals surface area contributed by atoms with Gasteiger partial charge in [-0.3, -0.25) is 0 Å². The van der Waals surface area contributed by atoms with Gasteiger partial charge in [-0.15, -0.1) is 0 Å². The number of aliphatic hydroxyl groups is 1. The van der Waals surface area contributed by atoms with E-state index in [-0.39, 0.29) is 0 Å². The molecule has 82 valence electrons. The predicted molar refractivity (Wildman–Crippen MR) is 66.9 cm³/mol. The predicted octanol–water partition coefficient (Wildman–Crippen LogP) is 3.13. The molecule has 0 aliphatic carbocycles. The molecule has 2 aromatic rings. The van der Waals surface area contributed by atoms with E-state index >= 15 is 0 Å². The van der Waals surface area contributed by atoms with Gasteiger partial charge in [0, 0.05) is 11.8 Å². The first kappa shape index (κ1) is 11.0. The first-order chi connectivity index (χ1) is 7.68. The Morgan fingerprint density at radius 2 is 1.88 bits per heavy atom. The Hall–Kier alpha value is -1.45. The molecule has 0 bridgehead atoms. The van der Waals surface area contributed by atoms with Crippen LogP contribution in [0.2, 0.25) is 0 Å². The van der Waals surface area contributed by atoms with Gasteiger partial charge in [-0.1, -0.05) is 42.5 Å². The smallest absolute Gasteiger partial charge is 0.106 e. The van der Waals surface area contributed by atoms with Crippen molar-refractivity contribution in [1.29, 1.82) is 0 Å². The highest BCUT2D eigenvalue weighted by Crippen LogP contribution is 2.21. The first-order valence-corrected chi connectivity index (χ1v) is 5.51. The Morgan fingerprint density at radius 1 is 1.19 bits per heavy atom. The molecule has 16 heavy (non-hydrogen) atoms. The van der Waals surface area contributed by atoms with Crippen molar-refractivity contribution < 1.29 is 5.11 Å². The summed E-state index contributed by atoms with van der Waals surface area (Å²) in [6, 6.07) is 11.5. The minimum absolute atomic E-state index is 0.605. The number of aromatic amines is 1. The maximum atomic E-state index is 10.2. The maximum absolute atomic E-state index is 10.2. The van der Waals surface area contributed by atoms with Crippen molar-refractivity contribution in [3.63, 3.8) is 0 Å². The topological polar surface area (TPSA) is 36.0 Å². The normalized spacial score (nSPS) is 12.4. The zero-order valence-electron chi connectivity index (χ0n) is 8.97. The van der Waals surface area contributed by atoms with Crippen LogP contribution < -0.4 is 0 Å². The fraction of sp³-hybridized carbons (Fsp3) is 0.154. The van der Waals surface area contributed by atoms with E-state index in [0.717, 1.165) is 16.7 Å². The molecule has 1 aromatic carbocycles. The molecular weight excluding hydrogens is 218 g/mol. The molecule has 1 atom stereocenters. The molecule has 3 heteroatoms. The molecule has 2 N–H and O–H groups in total. The summed E-state index contributed by atoms with van der Waals surface area (Å²) in [6.45, 7) is 1.93. The average molecular weight is 231 g/mol. The summed E-state index contributed by atoms with van der Waals surface area (Å²) in [5.41, 5.74) is 2.69. The maximum Gasteiger partial charge on any atom is 0.106 e. The van der Waals surface area contributed by atoms with Crippen LogP contribution >= 0.6 is 12.2 Å². The molecule has 1 aromatic heterocycles. The second kappa shape index (κ2) is 4.60. The number of rotatable bonds is 2. The molecule has 1 heterocycles. The van der Waals surface area contributed by atoms with Crippen molar-refractivity contribution in [2.24, 2.45) is 0 Å². The number of aliphatic hydroxyl groups excluding tert-OH is 1. The van der Waals surface area contributed by atoms with Gasteiger partial charge >= 0.3 is 0 Å². The molecule has 0 spiro atoms. The largest absolute Gasteiger partial charge is 0.384 e. The summed E-state index contributed by atoms with van der Waals surface area (Å²) in [6.07, 6.45) is 1.15. The zero-order valence-corrected chi connectivity index (χ0v) is 9.79. The molecule has 0 saturated heterocycles. The van der Waals surface area contributed by atoms with Crippen LogP contribution in [0.5, 0.6) is 0 Å². The van der Waals surface area contributed by atoms with Gasteiger partial charge in [0.15, 0.2) is 0 Å². The van der Waals surface area contributed by atoms with Crippen molar-refractivity contribution >= 4 is 12.2 Å². The lowest BCUT2D eigenvalue weighted by Gasteiger charge is -2.11. The van der Waals surface area contributed by atoms with Crippen molar-refractivity contribution in [2.75, 3.05) is 0 Å². The van der Waals surface area contributed by atoms with Gasteiger partial charge in [-0.05, 0) is 24.1 Å². The van der Waals surface area contributed by atoms with E-state index < -0.39 is 6.10 Å². The van der Waals surface area contributed by atoms with Crippen LogP contribution in [-0.4, -0.2) is 10.1 Å². The van der Waals surface area contributed by atoms with Crippen molar-refractivity contribution in [1.82, 2.24) is 4.98 Å². The molecule has 0 unspecified atom stereocenters. The van der Waals surface area contributed by atoms with Gasteiger partial charge < -0.3 is 10.1 Å². The van der Waals surface area contributed by atoms with E-state index in [2.05, 4.69) is 4.98 Å². The molecule has 0 aliphatic rings. The molecule has 0 saturated carbocycles. The van der Waals surface area contributed by atoms with Crippen LogP contribution in [0.1, 0.15) is 22.8 Å². The number of hydrogen-bond acceptors (Lipinski definition) is 2. The number of aryl methyl sites for hydroxylation is 1. The fourth-order valence-electron chi connectivity index (χ4n) is 1.61. The molecule has 0 aliphatic heterocycles. The van der Waals surface area contributed by atoms with E-state index in [1.807, 2.05) is 43.3 Å². The van der Waals surface area contributed by atoms with Crippen LogP contribution in [0.15, 0.2) is 42.6 Å². The molecule has 2 rings (SSSR count). The number of H-pyrrole nitrogens is 1. The van der Waals surface area contributed by atoms with Crippen molar-refractivity contribution in [3.8, 4) is 0 Å². The SMILES string of the molecule is Cc1cc([C@@H](O)c2ccccc2)c[nH]c1=S. The third-order valence-corrected chi connectivity index (χ3v) is 2.98. The van der Waals surface area contributed by atoms with Gasteiger partial charge in [0.05, 0.1) is 0 Å². The van der Waals surface area contributed by atoms with Crippen LogP contribution in [0.3, 0.4) is 0 Å². The Bertz CT molecular complexity index is 533. The minimum Gasteiger partial charge on any atom is -0.384 e. The van der Waals surface area contributed by atoms with E-state index in [9.17, 15) is 5.11 Å². The summed E-state index contributed by atoms with van der Waals surface area (Å²) >= 11 is 5.08. The van der Waals surface area contributed by atoms with Crippen LogP contribution in [0.4, 0.5) is 0 Å². The number of aromatic nitrogens is 1. The Balaban J connectivity index is 2.38. The Labute approximate surface area is 99.6 Å². The lowest BCUT2D eigenvalue weighted by atomic mass is 10.0. The standard InChI is InChI=1S/C13H13NOS/c1-9-7-11(8-14-13(9)16)12(15)10-5-3-2-4-6-10/h2-8,12,15H,1H3,(H,14,16)/t12-/m0/s1. The quantitative estimate of drug-likeness (QED) is 0.779. The van der Waals surface area contributed by atoms with Crippen LogP contribution in [0, 0.1) is 11.6 Å². The zero-order chi connectivity index (χ0) is 11.5. The van der Waals surface area contributed by atoms with Gasteiger partial charge in [-0.2, -0.15) is 0 Å². The monoisotopic (exact) mass is 231 g/mol. The first-order valence-electron chi connectivity index (χ1n) is 5.11. The minimum atomic E-state index is -0.605. The highest BCUT2D eigenvalue weighted by molar-refractivity contribution is 7.71. The number of hydrogen-bond donors (Lipinski definition) is 2. The highest BCUT2D eigenvalue weighted by Gasteiger charge is 2.09. The van der Waals surface area contributed by atoms with Crippen LogP contribution in [0.25, 0.3) is 0 Å². The van der Waals surface area contributed by atoms with Gasteiger partial charge in [0.25, 0.3) is 0 Å². The highest BCUT2D eigenvalue weighted by atomic mass is 32.1. The molecular formula is C13H13NOS. The van der Waals surface area contributed by atoms with Gasteiger partial charge in [0.2, 0.25) is 0 Å². The Kier molecular flexibility index (Phi) is 3.17. The lowest BCUT2D eigenvalue weighted by molar-refractivity contribution is 0.220. The summed E-state index contributed by atoms with van der Waals surface area (Å²) < 4.78 is 0.712. The van der Waals surface area contributed by atoms with Crippen molar-refractivity contribution in [2.45, 2.75) is 13.0 Å². The number of benzene rings is 1. The fourth-order valence-corrected chi connectivity index (χ4v) is 1.72. The van der Waals surface area contributed by atoms with Gasteiger partial charge in [-0.25, -0.2) is 0 Å². The van der Waals surface area contributed by atoms with Crippen LogP contribution in [-0.2, 0) is 0 Å². The second-order valence-corrected chi connectivity index (χ2v) is 4.17. The molecule has 0 fully saturated rings. The lowest BCUT2D eigenvalue weighted by Crippen LogP contribution is -2.00. The summed E-state index contributed by atoms with van der Waals surface area (Å²) in [4.78, 5) is 2.97. The molecule has 0 radical (unpaired) electrons. The van der Waals surface area contributed by atoms with E-state index in [1.165, 1.54) is 0 Å². The third-order valence-electron chi connectivity index (χ3n) is 2.54. The third kappa shape index (κ3) is 2.21. The van der Waals surface area contributed by atoms with E-state index in [0.29, 0.717) is 4.64 Å². The Morgan fingerprint density at radius 3 is 2.50 bits per heavy atom. The van der Waals surface area contributed by atoms with E-state index in [4.69, 9.17) is 12.2 Å². The van der Waals surface area contributed by atoms with E-state index in [1.54, 1.807) is 6.20 Å². The summed E-state index contributed by atoms with van der Waals surface area (Å²) in [5.74, 6) is 0.